The highest BCUT2D eigenvalue weighted by Gasteiger charge is 2.25. The van der Waals surface area contributed by atoms with Crippen LogP contribution in [0.4, 0.5) is 10.6 Å². The number of pyridine rings is 1. The van der Waals surface area contributed by atoms with Gasteiger partial charge >= 0.3 is 6.03 Å². The van der Waals surface area contributed by atoms with Gasteiger partial charge in [0, 0.05) is 51.0 Å². The average Bonchev–Trinajstić information content (AvgIpc) is 3.10. The predicted octanol–water partition coefficient (Wildman–Crippen LogP) is 2.60. The summed E-state index contributed by atoms with van der Waals surface area (Å²) in [7, 11) is 0. The van der Waals surface area contributed by atoms with Crippen molar-refractivity contribution in [3.8, 4) is 0 Å². The van der Waals surface area contributed by atoms with Crippen LogP contribution in [0.2, 0.25) is 0 Å². The smallest absolute Gasteiger partial charge is 0.315 e. The van der Waals surface area contributed by atoms with Gasteiger partial charge in [-0.1, -0.05) is 13.0 Å². The number of likely N-dealkylation sites (tertiary alicyclic amines) is 1. The highest BCUT2D eigenvalue weighted by molar-refractivity contribution is 5.74. The van der Waals surface area contributed by atoms with Crippen LogP contribution in [0.15, 0.2) is 18.3 Å². The monoisotopic (exact) mass is 359 g/mol. The van der Waals surface area contributed by atoms with E-state index in [2.05, 4.69) is 58.3 Å². The van der Waals surface area contributed by atoms with Crippen molar-refractivity contribution in [2.45, 2.75) is 58.7 Å². The second-order valence-electron chi connectivity index (χ2n) is 8.10. The zero-order valence-corrected chi connectivity index (χ0v) is 16.4. The van der Waals surface area contributed by atoms with Crippen LogP contribution in [-0.4, -0.2) is 54.2 Å². The van der Waals surface area contributed by atoms with Crippen molar-refractivity contribution < 1.29 is 4.79 Å². The summed E-state index contributed by atoms with van der Waals surface area (Å²) in [5, 5.41) is 6.03. The zero-order valence-electron chi connectivity index (χ0n) is 16.4. The third-order valence-electron chi connectivity index (χ3n) is 5.66. The maximum atomic E-state index is 12.1. The van der Waals surface area contributed by atoms with Gasteiger partial charge in [-0.3, -0.25) is 4.90 Å². The van der Waals surface area contributed by atoms with Gasteiger partial charge in [0.15, 0.2) is 0 Å². The zero-order chi connectivity index (χ0) is 18.5. The average molecular weight is 360 g/mol. The number of aromatic nitrogens is 1. The highest BCUT2D eigenvalue weighted by Crippen LogP contribution is 2.21. The maximum Gasteiger partial charge on any atom is 0.315 e. The lowest BCUT2D eigenvalue weighted by Gasteiger charge is -2.31. The van der Waals surface area contributed by atoms with Crippen LogP contribution in [0, 0.1) is 5.92 Å². The lowest BCUT2D eigenvalue weighted by molar-refractivity contribution is 0.233. The summed E-state index contributed by atoms with van der Waals surface area (Å²) in [4.78, 5) is 21.5. The largest absolute Gasteiger partial charge is 0.357 e. The first-order chi connectivity index (χ1) is 12.5. The first kappa shape index (κ1) is 19.0. The number of nitrogens with one attached hydrogen (secondary N) is 2. The van der Waals surface area contributed by atoms with E-state index in [1.807, 2.05) is 6.20 Å². The first-order valence-electron chi connectivity index (χ1n) is 9.99. The van der Waals surface area contributed by atoms with E-state index < -0.39 is 0 Å². The Kier molecular flexibility index (Phi) is 6.35. The highest BCUT2D eigenvalue weighted by atomic mass is 16.2. The second kappa shape index (κ2) is 8.71. The molecule has 6 nitrogen and oxygen atoms in total. The molecule has 0 aliphatic carbocycles. The molecule has 2 aliphatic rings. The van der Waals surface area contributed by atoms with Crippen LogP contribution in [0.5, 0.6) is 0 Å². The fraction of sp³-hybridized carbons (Fsp3) is 0.700. The Balaban J connectivity index is 1.41. The van der Waals surface area contributed by atoms with Crippen LogP contribution in [0.1, 0.15) is 45.6 Å². The maximum absolute atomic E-state index is 12.1. The third-order valence-corrected chi connectivity index (χ3v) is 5.66. The lowest BCUT2D eigenvalue weighted by atomic mass is 9.99. The number of anilines is 1. The van der Waals surface area contributed by atoms with E-state index in [4.69, 9.17) is 0 Å². The predicted molar refractivity (Wildman–Crippen MR) is 105 cm³/mol. The van der Waals surface area contributed by atoms with Gasteiger partial charge in [0.25, 0.3) is 0 Å². The van der Waals surface area contributed by atoms with Gasteiger partial charge in [0.1, 0.15) is 5.82 Å². The molecule has 26 heavy (non-hydrogen) atoms. The quantitative estimate of drug-likeness (QED) is 0.848. The number of carbonyl (C=O) groups excluding carboxylic acids is 1. The molecular weight excluding hydrogens is 326 g/mol. The first-order valence-corrected chi connectivity index (χ1v) is 9.99. The van der Waals surface area contributed by atoms with E-state index >= 15 is 0 Å². The Morgan fingerprint density at radius 1 is 1.23 bits per heavy atom. The standard InChI is InChI=1S/C20H33N5O/c1-15(2)25-11-8-18(14-25)23-20(26)22-13-17-4-5-19(21-12-17)24-9-6-16(3)7-10-24/h4-5,12,15-16,18H,6-11,13-14H2,1-3H3,(H2,22,23,26). The lowest BCUT2D eigenvalue weighted by Crippen LogP contribution is -2.43. The number of urea groups is 1. The summed E-state index contributed by atoms with van der Waals surface area (Å²) < 4.78 is 0. The molecule has 2 saturated heterocycles. The molecular formula is C20H33N5O. The summed E-state index contributed by atoms with van der Waals surface area (Å²) in [5.74, 6) is 1.87. The summed E-state index contributed by atoms with van der Waals surface area (Å²) in [6.45, 7) is 11.4. The van der Waals surface area contributed by atoms with Crippen molar-refractivity contribution in [2.75, 3.05) is 31.1 Å². The molecule has 1 unspecified atom stereocenters. The van der Waals surface area contributed by atoms with Crippen molar-refractivity contribution in [3.05, 3.63) is 23.9 Å². The third kappa shape index (κ3) is 5.10. The Morgan fingerprint density at radius 3 is 2.62 bits per heavy atom. The van der Waals surface area contributed by atoms with E-state index in [9.17, 15) is 4.79 Å². The minimum Gasteiger partial charge on any atom is -0.357 e. The van der Waals surface area contributed by atoms with Crippen LogP contribution >= 0.6 is 0 Å². The van der Waals surface area contributed by atoms with Gasteiger partial charge in [-0.2, -0.15) is 0 Å². The number of hydrogen-bond donors (Lipinski definition) is 2. The second-order valence-corrected chi connectivity index (χ2v) is 8.10. The summed E-state index contributed by atoms with van der Waals surface area (Å²) in [6, 6.07) is 4.84. The van der Waals surface area contributed by atoms with E-state index in [0.29, 0.717) is 12.6 Å². The van der Waals surface area contributed by atoms with Crippen LogP contribution < -0.4 is 15.5 Å². The Hall–Kier alpha value is -1.82. The Bertz CT molecular complexity index is 580. The van der Waals surface area contributed by atoms with E-state index in [1.165, 1.54) is 12.8 Å². The molecule has 1 aromatic rings. The Labute approximate surface area is 157 Å². The molecule has 1 atom stereocenters. The van der Waals surface area contributed by atoms with Crippen molar-refractivity contribution >= 4 is 11.8 Å². The van der Waals surface area contributed by atoms with E-state index in [0.717, 1.165) is 49.9 Å². The molecule has 0 spiro atoms. The molecule has 144 valence electrons. The topological polar surface area (TPSA) is 60.5 Å². The van der Waals surface area contributed by atoms with Crippen molar-refractivity contribution in [1.29, 1.82) is 0 Å². The van der Waals surface area contributed by atoms with E-state index in [1.54, 1.807) is 0 Å². The summed E-state index contributed by atoms with van der Waals surface area (Å²) in [5.41, 5.74) is 1.03. The van der Waals surface area contributed by atoms with E-state index in [-0.39, 0.29) is 12.1 Å². The fourth-order valence-electron chi connectivity index (χ4n) is 3.74. The van der Waals surface area contributed by atoms with Gasteiger partial charge in [0.2, 0.25) is 0 Å². The fourth-order valence-corrected chi connectivity index (χ4v) is 3.74. The molecule has 2 fully saturated rings. The van der Waals surface area contributed by atoms with Crippen molar-refractivity contribution in [3.63, 3.8) is 0 Å². The molecule has 0 aromatic carbocycles. The van der Waals surface area contributed by atoms with Gasteiger partial charge in [-0.15, -0.1) is 0 Å². The Morgan fingerprint density at radius 2 is 2.00 bits per heavy atom. The number of hydrogen-bond acceptors (Lipinski definition) is 4. The van der Waals surface area contributed by atoms with Crippen molar-refractivity contribution in [1.82, 2.24) is 20.5 Å². The molecule has 6 heteroatoms. The van der Waals surface area contributed by atoms with Gasteiger partial charge in [0.05, 0.1) is 0 Å². The molecule has 2 amide bonds. The normalized spacial score (nSPS) is 22.0. The molecule has 3 rings (SSSR count). The van der Waals surface area contributed by atoms with Gasteiger partial charge in [-0.25, -0.2) is 9.78 Å². The molecule has 0 bridgehead atoms. The number of carbonyl (C=O) groups is 1. The SMILES string of the molecule is CC1CCN(c2ccc(CNC(=O)NC3CCN(C(C)C)C3)cn2)CC1. The van der Waals surface area contributed by atoms with Crippen molar-refractivity contribution in [2.24, 2.45) is 5.92 Å². The number of amides is 2. The molecule has 0 radical (unpaired) electrons. The minimum atomic E-state index is -0.0882. The molecule has 3 heterocycles. The summed E-state index contributed by atoms with van der Waals surface area (Å²) in [6.07, 6.45) is 5.38. The number of nitrogens with zero attached hydrogens (tertiary/aromatic N) is 3. The van der Waals surface area contributed by atoms with Crippen LogP contribution in [0.25, 0.3) is 0 Å². The number of piperidine rings is 1. The van der Waals surface area contributed by atoms with Crippen LogP contribution in [-0.2, 0) is 6.54 Å². The molecule has 0 saturated carbocycles. The molecule has 2 N–H and O–H groups in total. The summed E-state index contributed by atoms with van der Waals surface area (Å²) >= 11 is 0. The molecule has 1 aromatic heterocycles. The number of rotatable bonds is 5. The van der Waals surface area contributed by atoms with Gasteiger partial charge < -0.3 is 15.5 Å². The van der Waals surface area contributed by atoms with Gasteiger partial charge in [-0.05, 0) is 50.7 Å². The minimum absolute atomic E-state index is 0.0882. The van der Waals surface area contributed by atoms with Crippen LogP contribution in [0.3, 0.4) is 0 Å². The molecule has 2 aliphatic heterocycles.